The Hall–Kier alpha value is -1.48. The summed E-state index contributed by atoms with van der Waals surface area (Å²) in [5, 5.41) is 28.3. The Labute approximate surface area is 101 Å². The Morgan fingerprint density at radius 1 is 1.39 bits per heavy atom. The molecule has 1 saturated heterocycles. The fourth-order valence-corrected chi connectivity index (χ4v) is 1.88. The van der Waals surface area contributed by atoms with E-state index in [1.165, 1.54) is 13.1 Å². The van der Waals surface area contributed by atoms with Gasteiger partial charge in [0.25, 0.3) is 5.56 Å². The largest absolute Gasteiger partial charge is 0.394 e. The van der Waals surface area contributed by atoms with Gasteiger partial charge in [-0.3, -0.25) is 14.3 Å². The molecule has 4 N–H and O–H groups in total. The number of nitrogens with zero attached hydrogens (tertiary/aromatic N) is 1. The molecule has 1 aromatic rings. The standard InChI is InChI=1S/C10H14N2O6/c1-4-2-12(10(17)11-8(4)16)9-7(15)6(14)5(3-13)18-9/h2,5-7,9,13-15H,3H2,1H3,(H,11,16,17)/t5-,6?,7-,9-/m1/s1. The first kappa shape index (κ1) is 13.0. The Morgan fingerprint density at radius 2 is 2.06 bits per heavy atom. The molecule has 8 heteroatoms. The van der Waals surface area contributed by atoms with E-state index in [-0.39, 0.29) is 5.56 Å². The zero-order valence-corrected chi connectivity index (χ0v) is 9.61. The SMILES string of the molecule is Cc1cn([C@@H]2O[C@H](CO)C(O)[C@H]2O)c(=O)[nH]c1=O. The molecule has 0 bridgehead atoms. The maximum atomic E-state index is 11.6. The van der Waals surface area contributed by atoms with Crippen molar-refractivity contribution in [3.8, 4) is 0 Å². The van der Waals surface area contributed by atoms with Gasteiger partial charge in [-0.15, -0.1) is 0 Å². The molecule has 2 heterocycles. The number of ether oxygens (including phenoxy) is 1. The van der Waals surface area contributed by atoms with Gasteiger partial charge in [0.15, 0.2) is 6.23 Å². The van der Waals surface area contributed by atoms with Gasteiger partial charge in [0, 0.05) is 11.8 Å². The van der Waals surface area contributed by atoms with Gasteiger partial charge >= 0.3 is 5.69 Å². The van der Waals surface area contributed by atoms with Gasteiger partial charge in [0.05, 0.1) is 6.61 Å². The van der Waals surface area contributed by atoms with Crippen LogP contribution in [-0.4, -0.2) is 49.8 Å². The van der Waals surface area contributed by atoms with Crippen LogP contribution in [0.25, 0.3) is 0 Å². The monoisotopic (exact) mass is 258 g/mol. The average molecular weight is 258 g/mol. The van der Waals surface area contributed by atoms with E-state index in [4.69, 9.17) is 9.84 Å². The molecule has 0 spiro atoms. The van der Waals surface area contributed by atoms with Crippen LogP contribution in [0.5, 0.6) is 0 Å². The number of aliphatic hydroxyl groups excluding tert-OH is 3. The number of aryl methyl sites for hydroxylation is 1. The van der Waals surface area contributed by atoms with Crippen LogP contribution < -0.4 is 11.2 Å². The van der Waals surface area contributed by atoms with E-state index in [1.54, 1.807) is 0 Å². The van der Waals surface area contributed by atoms with Gasteiger partial charge in [-0.2, -0.15) is 0 Å². The topological polar surface area (TPSA) is 125 Å². The minimum absolute atomic E-state index is 0.271. The summed E-state index contributed by atoms with van der Waals surface area (Å²) in [6.07, 6.45) is -3.52. The molecule has 1 aliphatic heterocycles. The molecule has 2 rings (SSSR count). The molecule has 0 amide bonds. The number of nitrogens with one attached hydrogen (secondary N) is 1. The van der Waals surface area contributed by atoms with Crippen LogP contribution in [-0.2, 0) is 4.74 Å². The first-order valence-corrected chi connectivity index (χ1v) is 5.40. The summed E-state index contributed by atoms with van der Waals surface area (Å²) in [4.78, 5) is 24.9. The van der Waals surface area contributed by atoms with Crippen molar-refractivity contribution in [2.45, 2.75) is 31.5 Å². The van der Waals surface area contributed by atoms with Gasteiger partial charge in [-0.05, 0) is 6.92 Å². The maximum absolute atomic E-state index is 11.6. The Morgan fingerprint density at radius 3 is 2.61 bits per heavy atom. The van der Waals surface area contributed by atoms with Crippen LogP contribution >= 0.6 is 0 Å². The Kier molecular flexibility index (Phi) is 3.35. The second-order valence-corrected chi connectivity index (χ2v) is 4.21. The fourth-order valence-electron chi connectivity index (χ4n) is 1.88. The predicted molar refractivity (Wildman–Crippen MR) is 59.1 cm³/mol. The summed E-state index contributed by atoms with van der Waals surface area (Å²) in [6, 6.07) is 0. The van der Waals surface area contributed by atoms with Gasteiger partial charge in [-0.25, -0.2) is 4.79 Å². The lowest BCUT2D eigenvalue weighted by molar-refractivity contribution is -0.0551. The number of hydrogen-bond donors (Lipinski definition) is 4. The first-order chi connectivity index (χ1) is 8.45. The molecule has 1 unspecified atom stereocenters. The fraction of sp³-hybridized carbons (Fsp3) is 0.600. The number of rotatable bonds is 2. The van der Waals surface area contributed by atoms with Crippen molar-refractivity contribution in [3.63, 3.8) is 0 Å². The second-order valence-electron chi connectivity index (χ2n) is 4.21. The van der Waals surface area contributed by atoms with Crippen molar-refractivity contribution in [3.05, 3.63) is 32.6 Å². The number of H-pyrrole nitrogens is 1. The number of aromatic nitrogens is 2. The van der Waals surface area contributed by atoms with Crippen LogP contribution in [0.4, 0.5) is 0 Å². The number of aromatic amines is 1. The summed E-state index contributed by atoms with van der Waals surface area (Å²) in [5.74, 6) is 0. The smallest absolute Gasteiger partial charge is 0.330 e. The molecular weight excluding hydrogens is 244 g/mol. The molecule has 1 fully saturated rings. The Bertz CT molecular complexity index is 550. The third-order valence-corrected chi connectivity index (χ3v) is 2.94. The van der Waals surface area contributed by atoms with Gasteiger partial charge in [0.2, 0.25) is 0 Å². The van der Waals surface area contributed by atoms with E-state index >= 15 is 0 Å². The van der Waals surface area contributed by atoms with Crippen LogP contribution in [0.15, 0.2) is 15.8 Å². The predicted octanol–water partition coefficient (Wildman–Crippen LogP) is -2.54. The third-order valence-electron chi connectivity index (χ3n) is 2.94. The zero-order valence-electron chi connectivity index (χ0n) is 9.61. The summed E-state index contributed by atoms with van der Waals surface area (Å²) < 4.78 is 6.17. The number of aliphatic hydroxyl groups is 3. The minimum atomic E-state index is -1.36. The summed E-state index contributed by atoms with van der Waals surface area (Å²) in [7, 11) is 0. The average Bonchev–Trinajstić information content (AvgIpc) is 2.61. The maximum Gasteiger partial charge on any atom is 0.330 e. The summed E-state index contributed by atoms with van der Waals surface area (Å²) >= 11 is 0. The molecule has 4 atom stereocenters. The second kappa shape index (κ2) is 4.65. The van der Waals surface area contributed by atoms with Gasteiger partial charge < -0.3 is 20.1 Å². The van der Waals surface area contributed by atoms with Crippen LogP contribution in [0, 0.1) is 6.92 Å². The first-order valence-electron chi connectivity index (χ1n) is 5.40. The molecular formula is C10H14N2O6. The molecule has 0 saturated carbocycles. The molecule has 100 valence electrons. The molecule has 1 aliphatic rings. The molecule has 0 aliphatic carbocycles. The highest BCUT2D eigenvalue weighted by atomic mass is 16.6. The summed E-state index contributed by atoms with van der Waals surface area (Å²) in [5.41, 5.74) is -1.00. The molecule has 0 aromatic carbocycles. The van der Waals surface area contributed by atoms with E-state index in [0.29, 0.717) is 0 Å². The van der Waals surface area contributed by atoms with E-state index in [9.17, 15) is 19.8 Å². The molecule has 0 radical (unpaired) electrons. The lowest BCUT2D eigenvalue weighted by atomic mass is 10.1. The van der Waals surface area contributed by atoms with Crippen LogP contribution in [0.1, 0.15) is 11.8 Å². The highest BCUT2D eigenvalue weighted by Crippen LogP contribution is 2.27. The quantitative estimate of drug-likeness (QED) is 0.463. The summed E-state index contributed by atoms with van der Waals surface area (Å²) in [6.45, 7) is 1.02. The normalized spacial score (nSPS) is 31.8. The van der Waals surface area contributed by atoms with Crippen molar-refractivity contribution in [1.82, 2.24) is 9.55 Å². The zero-order chi connectivity index (χ0) is 13.4. The van der Waals surface area contributed by atoms with Crippen molar-refractivity contribution in [1.29, 1.82) is 0 Å². The van der Waals surface area contributed by atoms with Crippen molar-refractivity contribution >= 4 is 0 Å². The minimum Gasteiger partial charge on any atom is -0.394 e. The van der Waals surface area contributed by atoms with Crippen LogP contribution in [0.2, 0.25) is 0 Å². The van der Waals surface area contributed by atoms with Crippen molar-refractivity contribution in [2.75, 3.05) is 6.61 Å². The van der Waals surface area contributed by atoms with Crippen molar-refractivity contribution < 1.29 is 20.1 Å². The van der Waals surface area contributed by atoms with Crippen molar-refractivity contribution in [2.24, 2.45) is 0 Å². The van der Waals surface area contributed by atoms with Crippen LogP contribution in [0.3, 0.4) is 0 Å². The molecule has 8 nitrogen and oxygen atoms in total. The number of hydrogen-bond acceptors (Lipinski definition) is 6. The lowest BCUT2D eigenvalue weighted by Gasteiger charge is -2.17. The lowest BCUT2D eigenvalue weighted by Crippen LogP contribution is -2.38. The molecule has 1 aromatic heterocycles. The van der Waals surface area contributed by atoms with E-state index < -0.39 is 42.4 Å². The van der Waals surface area contributed by atoms with Gasteiger partial charge in [0.1, 0.15) is 18.3 Å². The third kappa shape index (κ3) is 1.99. The highest BCUT2D eigenvalue weighted by molar-refractivity contribution is 5.03. The highest BCUT2D eigenvalue weighted by Gasteiger charge is 2.43. The van der Waals surface area contributed by atoms with E-state index in [2.05, 4.69) is 4.98 Å². The van der Waals surface area contributed by atoms with E-state index in [1.807, 2.05) is 0 Å². The van der Waals surface area contributed by atoms with E-state index in [0.717, 1.165) is 4.57 Å². The molecule has 18 heavy (non-hydrogen) atoms. The van der Waals surface area contributed by atoms with Gasteiger partial charge in [-0.1, -0.05) is 0 Å². The Balaban J connectivity index is 2.42.